The molecule has 1 unspecified atom stereocenters. The zero-order chi connectivity index (χ0) is 13.7. The standard InChI is InChI=1S/C13H16FN3O2/c1-2-6-18-8-11(15)12-16-13(19-17-12)9-4-3-5-10(14)7-9/h3-5,7,11H,2,6,8,15H2,1H3. The third kappa shape index (κ3) is 3.59. The van der Waals surface area contributed by atoms with Crippen LogP contribution in [0.1, 0.15) is 25.2 Å². The van der Waals surface area contributed by atoms with E-state index in [-0.39, 0.29) is 11.7 Å². The molecule has 2 aromatic rings. The van der Waals surface area contributed by atoms with Crippen LogP contribution < -0.4 is 5.73 Å². The Morgan fingerprint density at radius 1 is 1.47 bits per heavy atom. The van der Waals surface area contributed by atoms with Crippen molar-refractivity contribution >= 4 is 0 Å². The molecule has 0 amide bonds. The first kappa shape index (κ1) is 13.6. The van der Waals surface area contributed by atoms with E-state index in [2.05, 4.69) is 10.1 Å². The number of aromatic nitrogens is 2. The van der Waals surface area contributed by atoms with E-state index < -0.39 is 6.04 Å². The van der Waals surface area contributed by atoms with Crippen molar-refractivity contribution in [2.45, 2.75) is 19.4 Å². The number of nitrogens with zero attached hydrogens (tertiary/aromatic N) is 2. The SMILES string of the molecule is CCCOCC(N)c1noc(-c2cccc(F)c2)n1. The van der Waals surface area contributed by atoms with Gasteiger partial charge >= 0.3 is 0 Å². The maximum Gasteiger partial charge on any atom is 0.258 e. The van der Waals surface area contributed by atoms with Gasteiger partial charge in [-0.25, -0.2) is 4.39 Å². The zero-order valence-electron chi connectivity index (χ0n) is 10.7. The maximum absolute atomic E-state index is 13.1. The molecule has 0 fully saturated rings. The summed E-state index contributed by atoms with van der Waals surface area (Å²) in [7, 11) is 0. The van der Waals surface area contributed by atoms with Crippen LogP contribution in [0.15, 0.2) is 28.8 Å². The van der Waals surface area contributed by atoms with Gasteiger partial charge in [0.25, 0.3) is 5.89 Å². The predicted octanol–water partition coefficient (Wildman–Crippen LogP) is 2.30. The quantitative estimate of drug-likeness (QED) is 0.811. The van der Waals surface area contributed by atoms with Gasteiger partial charge in [0.2, 0.25) is 0 Å². The van der Waals surface area contributed by atoms with Gasteiger partial charge in [-0.15, -0.1) is 0 Å². The molecule has 0 aliphatic heterocycles. The molecule has 1 aromatic carbocycles. The van der Waals surface area contributed by atoms with Crippen LogP contribution in [-0.4, -0.2) is 23.4 Å². The van der Waals surface area contributed by atoms with Gasteiger partial charge in [0.05, 0.1) is 12.6 Å². The van der Waals surface area contributed by atoms with Gasteiger partial charge in [0, 0.05) is 12.2 Å². The number of ether oxygens (including phenoxy) is 1. The average Bonchev–Trinajstić information content (AvgIpc) is 2.88. The third-order valence-electron chi connectivity index (χ3n) is 2.49. The number of benzene rings is 1. The highest BCUT2D eigenvalue weighted by atomic mass is 19.1. The van der Waals surface area contributed by atoms with Gasteiger partial charge < -0.3 is 15.0 Å². The van der Waals surface area contributed by atoms with Crippen LogP contribution in [0.4, 0.5) is 4.39 Å². The molecule has 0 aliphatic rings. The molecule has 1 aromatic heterocycles. The van der Waals surface area contributed by atoms with E-state index in [1.54, 1.807) is 12.1 Å². The Bertz CT molecular complexity index is 530. The minimum absolute atomic E-state index is 0.250. The predicted molar refractivity (Wildman–Crippen MR) is 67.7 cm³/mol. The monoisotopic (exact) mass is 265 g/mol. The minimum Gasteiger partial charge on any atom is -0.379 e. The van der Waals surface area contributed by atoms with E-state index in [4.69, 9.17) is 15.0 Å². The molecule has 19 heavy (non-hydrogen) atoms. The summed E-state index contributed by atoms with van der Waals surface area (Å²) in [4.78, 5) is 4.15. The Hall–Kier alpha value is -1.79. The van der Waals surface area contributed by atoms with Gasteiger partial charge in [-0.1, -0.05) is 18.1 Å². The second-order valence-corrected chi connectivity index (χ2v) is 4.15. The van der Waals surface area contributed by atoms with Crippen molar-refractivity contribution in [3.63, 3.8) is 0 Å². The van der Waals surface area contributed by atoms with Crippen LogP contribution in [-0.2, 0) is 4.74 Å². The van der Waals surface area contributed by atoms with Crippen molar-refractivity contribution in [3.05, 3.63) is 35.9 Å². The second kappa shape index (κ2) is 6.40. The highest BCUT2D eigenvalue weighted by Gasteiger charge is 2.15. The molecule has 0 saturated carbocycles. The van der Waals surface area contributed by atoms with E-state index in [1.807, 2.05) is 6.92 Å². The van der Waals surface area contributed by atoms with Crippen LogP contribution in [0.5, 0.6) is 0 Å². The molecule has 5 nitrogen and oxygen atoms in total. The summed E-state index contributed by atoms with van der Waals surface area (Å²) in [5.74, 6) is 0.253. The smallest absolute Gasteiger partial charge is 0.258 e. The molecular weight excluding hydrogens is 249 g/mol. The molecule has 2 rings (SSSR count). The lowest BCUT2D eigenvalue weighted by molar-refractivity contribution is 0.119. The summed E-state index contributed by atoms with van der Waals surface area (Å²) in [6.45, 7) is 2.99. The van der Waals surface area contributed by atoms with Crippen molar-refractivity contribution < 1.29 is 13.7 Å². The highest BCUT2D eigenvalue weighted by molar-refractivity contribution is 5.52. The van der Waals surface area contributed by atoms with E-state index in [1.165, 1.54) is 12.1 Å². The molecule has 0 saturated heterocycles. The zero-order valence-corrected chi connectivity index (χ0v) is 10.7. The summed E-state index contributed by atoms with van der Waals surface area (Å²) < 4.78 is 23.5. The molecule has 0 bridgehead atoms. The van der Waals surface area contributed by atoms with Crippen LogP contribution >= 0.6 is 0 Å². The Morgan fingerprint density at radius 3 is 3.05 bits per heavy atom. The molecule has 0 radical (unpaired) electrons. The lowest BCUT2D eigenvalue weighted by Gasteiger charge is -2.06. The highest BCUT2D eigenvalue weighted by Crippen LogP contribution is 2.19. The van der Waals surface area contributed by atoms with E-state index in [9.17, 15) is 4.39 Å². The van der Waals surface area contributed by atoms with Crippen molar-refractivity contribution in [2.75, 3.05) is 13.2 Å². The fourth-order valence-electron chi connectivity index (χ4n) is 1.55. The third-order valence-corrected chi connectivity index (χ3v) is 2.49. The molecule has 1 heterocycles. The summed E-state index contributed by atoms with van der Waals surface area (Å²) in [6, 6.07) is 5.51. The molecule has 0 aliphatic carbocycles. The van der Waals surface area contributed by atoms with Gasteiger partial charge in [-0.2, -0.15) is 4.98 Å². The van der Waals surface area contributed by atoms with E-state index >= 15 is 0 Å². The Balaban J connectivity index is 2.06. The van der Waals surface area contributed by atoms with Gasteiger partial charge in [0.15, 0.2) is 5.82 Å². The van der Waals surface area contributed by atoms with E-state index in [0.29, 0.717) is 24.6 Å². The van der Waals surface area contributed by atoms with Crippen LogP contribution in [0.2, 0.25) is 0 Å². The Kier molecular flexibility index (Phi) is 4.59. The molecule has 2 N–H and O–H groups in total. The first-order valence-corrected chi connectivity index (χ1v) is 6.13. The summed E-state index contributed by atoms with van der Waals surface area (Å²) in [6.07, 6.45) is 0.924. The number of hydrogen-bond donors (Lipinski definition) is 1. The van der Waals surface area contributed by atoms with Gasteiger partial charge in [0.1, 0.15) is 5.82 Å². The van der Waals surface area contributed by atoms with Crippen LogP contribution in [0.25, 0.3) is 11.5 Å². The normalized spacial score (nSPS) is 12.6. The fourth-order valence-corrected chi connectivity index (χ4v) is 1.55. The number of halogens is 1. The second-order valence-electron chi connectivity index (χ2n) is 4.15. The molecule has 102 valence electrons. The van der Waals surface area contributed by atoms with Crippen LogP contribution in [0.3, 0.4) is 0 Å². The first-order valence-electron chi connectivity index (χ1n) is 6.13. The van der Waals surface area contributed by atoms with Crippen molar-refractivity contribution in [1.82, 2.24) is 10.1 Å². The molecule has 1 atom stereocenters. The first-order chi connectivity index (χ1) is 9.20. The van der Waals surface area contributed by atoms with Gasteiger partial charge in [-0.05, 0) is 24.6 Å². The lowest BCUT2D eigenvalue weighted by atomic mass is 10.2. The molecule has 6 heteroatoms. The fraction of sp³-hybridized carbons (Fsp3) is 0.385. The van der Waals surface area contributed by atoms with Crippen molar-refractivity contribution in [2.24, 2.45) is 5.73 Å². The van der Waals surface area contributed by atoms with E-state index in [0.717, 1.165) is 6.42 Å². The summed E-state index contributed by atoms with van der Waals surface area (Å²) in [5, 5.41) is 3.79. The largest absolute Gasteiger partial charge is 0.379 e. The Morgan fingerprint density at radius 2 is 2.32 bits per heavy atom. The van der Waals surface area contributed by atoms with Crippen molar-refractivity contribution in [1.29, 1.82) is 0 Å². The summed E-state index contributed by atoms with van der Waals surface area (Å²) >= 11 is 0. The number of hydrogen-bond acceptors (Lipinski definition) is 5. The minimum atomic E-state index is -0.447. The topological polar surface area (TPSA) is 74.2 Å². The lowest BCUT2D eigenvalue weighted by Crippen LogP contribution is -2.18. The molecular formula is C13H16FN3O2. The van der Waals surface area contributed by atoms with Crippen molar-refractivity contribution in [3.8, 4) is 11.5 Å². The maximum atomic E-state index is 13.1. The molecule has 0 spiro atoms. The Labute approximate surface area is 110 Å². The number of nitrogens with two attached hydrogens (primary N) is 1. The summed E-state index contributed by atoms with van der Waals surface area (Å²) in [5.41, 5.74) is 6.40. The average molecular weight is 265 g/mol. The number of rotatable bonds is 6. The van der Waals surface area contributed by atoms with Crippen LogP contribution in [0, 0.1) is 5.82 Å². The van der Waals surface area contributed by atoms with Gasteiger partial charge in [-0.3, -0.25) is 0 Å².